The summed E-state index contributed by atoms with van der Waals surface area (Å²) in [5, 5.41) is 2.94. The number of carbonyl (C=O) groups is 1. The first-order valence-corrected chi connectivity index (χ1v) is 7.85. The Hall–Kier alpha value is -2.04. The molecule has 0 aliphatic rings. The van der Waals surface area contributed by atoms with Gasteiger partial charge in [0.25, 0.3) is 0 Å². The lowest BCUT2D eigenvalue weighted by Gasteiger charge is -2.14. The first kappa shape index (κ1) is 16.3. The summed E-state index contributed by atoms with van der Waals surface area (Å²) in [5.74, 6) is 0.0216. The van der Waals surface area contributed by atoms with E-state index in [2.05, 4.69) is 19.2 Å². The molecule has 1 N–H and O–H groups in total. The second-order valence-electron chi connectivity index (χ2n) is 6.22. The lowest BCUT2D eigenvalue weighted by molar-refractivity contribution is -0.122. The topological polar surface area (TPSA) is 64.2 Å². The molecule has 22 heavy (non-hydrogen) atoms. The van der Waals surface area contributed by atoms with Crippen LogP contribution in [0.5, 0.6) is 0 Å². The maximum absolute atomic E-state index is 12.1. The monoisotopic (exact) mass is 304 g/mol. The van der Waals surface area contributed by atoms with Crippen LogP contribution in [0, 0.1) is 5.92 Å². The molecule has 0 aliphatic carbocycles. The van der Waals surface area contributed by atoms with Crippen molar-refractivity contribution in [2.24, 2.45) is 5.92 Å². The fraction of sp³-hybridized carbons (Fsp3) is 0.529. The minimum atomic E-state index is -0.496. The molecule has 0 fully saturated rings. The van der Waals surface area contributed by atoms with Crippen LogP contribution in [0.4, 0.5) is 0 Å². The molecule has 120 valence electrons. The van der Waals surface area contributed by atoms with Crippen LogP contribution < -0.4 is 11.1 Å². The van der Waals surface area contributed by atoms with E-state index in [0.717, 1.165) is 19.3 Å². The predicted molar refractivity (Wildman–Crippen MR) is 86.8 cm³/mol. The standard InChI is InChI=1S/C17H24N2O3/c1-12(2)7-6-8-13(3)18-16(20)11-19-14-9-4-5-10-15(14)22-17(19)21/h4-5,9-10,12-13H,6-8,11H2,1-3H3,(H,18,20)/t13-/m1/s1. The maximum Gasteiger partial charge on any atom is 0.420 e. The van der Waals surface area contributed by atoms with Gasteiger partial charge in [-0.2, -0.15) is 0 Å². The average Bonchev–Trinajstić information content (AvgIpc) is 2.74. The SMILES string of the molecule is CC(C)CCC[C@@H](C)NC(=O)Cn1c(=O)oc2ccccc21. The number of fused-ring (bicyclic) bond motifs is 1. The number of hydrogen-bond donors (Lipinski definition) is 1. The van der Waals surface area contributed by atoms with Gasteiger partial charge in [0, 0.05) is 6.04 Å². The molecule has 1 heterocycles. The molecule has 0 aliphatic heterocycles. The largest absolute Gasteiger partial charge is 0.420 e. The number of carbonyl (C=O) groups excluding carboxylic acids is 1. The van der Waals surface area contributed by atoms with Crippen LogP contribution in [-0.4, -0.2) is 16.5 Å². The third-order valence-electron chi connectivity index (χ3n) is 3.70. The van der Waals surface area contributed by atoms with Crippen LogP contribution in [-0.2, 0) is 11.3 Å². The molecule has 2 rings (SSSR count). The molecular formula is C17H24N2O3. The van der Waals surface area contributed by atoms with Gasteiger partial charge < -0.3 is 9.73 Å². The van der Waals surface area contributed by atoms with Crippen molar-refractivity contribution in [2.75, 3.05) is 0 Å². The Morgan fingerprint density at radius 2 is 1.95 bits per heavy atom. The van der Waals surface area contributed by atoms with E-state index in [1.165, 1.54) is 4.57 Å². The van der Waals surface area contributed by atoms with E-state index in [0.29, 0.717) is 17.0 Å². The molecule has 0 unspecified atom stereocenters. The Morgan fingerprint density at radius 3 is 2.68 bits per heavy atom. The van der Waals surface area contributed by atoms with Gasteiger partial charge in [0.2, 0.25) is 5.91 Å². The number of amides is 1. The fourth-order valence-electron chi connectivity index (χ4n) is 2.53. The van der Waals surface area contributed by atoms with Crippen molar-refractivity contribution in [3.05, 3.63) is 34.8 Å². The minimum Gasteiger partial charge on any atom is -0.408 e. The van der Waals surface area contributed by atoms with Gasteiger partial charge in [-0.25, -0.2) is 4.79 Å². The van der Waals surface area contributed by atoms with Crippen LogP contribution in [0.15, 0.2) is 33.5 Å². The summed E-state index contributed by atoms with van der Waals surface area (Å²) in [4.78, 5) is 23.9. The lowest BCUT2D eigenvalue weighted by Crippen LogP contribution is -2.36. The molecule has 0 radical (unpaired) electrons. The smallest absolute Gasteiger partial charge is 0.408 e. The lowest BCUT2D eigenvalue weighted by atomic mass is 10.0. The van der Waals surface area contributed by atoms with Crippen molar-refractivity contribution in [3.8, 4) is 0 Å². The Morgan fingerprint density at radius 1 is 1.23 bits per heavy atom. The van der Waals surface area contributed by atoms with Gasteiger partial charge in [-0.3, -0.25) is 9.36 Å². The second-order valence-corrected chi connectivity index (χ2v) is 6.22. The summed E-state index contributed by atoms with van der Waals surface area (Å²) in [6.45, 7) is 6.37. The van der Waals surface area contributed by atoms with E-state index in [-0.39, 0.29) is 18.5 Å². The maximum atomic E-state index is 12.1. The number of rotatable bonds is 7. The van der Waals surface area contributed by atoms with Crippen LogP contribution in [0.25, 0.3) is 11.1 Å². The molecule has 2 aromatic rings. The van der Waals surface area contributed by atoms with Gasteiger partial charge in [-0.05, 0) is 31.4 Å². The molecule has 1 aromatic heterocycles. The van der Waals surface area contributed by atoms with Crippen LogP contribution in [0.3, 0.4) is 0 Å². The summed E-state index contributed by atoms with van der Waals surface area (Å²) >= 11 is 0. The van der Waals surface area contributed by atoms with Gasteiger partial charge in [-0.1, -0.05) is 38.8 Å². The predicted octanol–water partition coefficient (Wildman–Crippen LogP) is 2.93. The zero-order valence-corrected chi connectivity index (χ0v) is 13.5. The molecule has 0 saturated heterocycles. The van der Waals surface area contributed by atoms with Crippen LogP contribution in [0.1, 0.15) is 40.0 Å². The summed E-state index contributed by atoms with van der Waals surface area (Å²) < 4.78 is 6.49. The zero-order valence-electron chi connectivity index (χ0n) is 13.5. The second kappa shape index (κ2) is 7.29. The van der Waals surface area contributed by atoms with Crippen LogP contribution in [0.2, 0.25) is 0 Å². The molecule has 1 atom stereocenters. The van der Waals surface area contributed by atoms with Crippen molar-refractivity contribution in [1.29, 1.82) is 0 Å². The van der Waals surface area contributed by atoms with Crippen molar-refractivity contribution in [2.45, 2.75) is 52.6 Å². The Kier molecular flexibility index (Phi) is 5.41. The highest BCUT2D eigenvalue weighted by molar-refractivity contribution is 5.79. The fourth-order valence-corrected chi connectivity index (χ4v) is 2.53. The van der Waals surface area contributed by atoms with Gasteiger partial charge >= 0.3 is 5.76 Å². The first-order chi connectivity index (χ1) is 10.5. The third-order valence-corrected chi connectivity index (χ3v) is 3.70. The first-order valence-electron chi connectivity index (χ1n) is 7.85. The van der Waals surface area contributed by atoms with Gasteiger partial charge in [0.15, 0.2) is 5.58 Å². The van der Waals surface area contributed by atoms with Gasteiger partial charge in [0.05, 0.1) is 5.52 Å². The van der Waals surface area contributed by atoms with Crippen molar-refractivity contribution >= 4 is 17.0 Å². The summed E-state index contributed by atoms with van der Waals surface area (Å²) in [6.07, 6.45) is 3.20. The highest BCUT2D eigenvalue weighted by Gasteiger charge is 2.13. The highest BCUT2D eigenvalue weighted by Crippen LogP contribution is 2.12. The van der Waals surface area contributed by atoms with E-state index >= 15 is 0 Å². The van der Waals surface area contributed by atoms with Crippen molar-refractivity contribution in [1.82, 2.24) is 9.88 Å². The third kappa shape index (κ3) is 4.23. The Bertz CT molecular complexity index is 685. The minimum absolute atomic E-state index is 0.00956. The van der Waals surface area contributed by atoms with E-state index < -0.39 is 5.76 Å². The molecule has 0 saturated carbocycles. The molecule has 1 amide bonds. The Labute approximate surface area is 130 Å². The average molecular weight is 304 g/mol. The van der Waals surface area contributed by atoms with Gasteiger partial charge in [-0.15, -0.1) is 0 Å². The number of aromatic nitrogens is 1. The number of oxazole rings is 1. The summed E-state index contributed by atoms with van der Waals surface area (Å²) in [6, 6.07) is 7.23. The number of hydrogen-bond acceptors (Lipinski definition) is 3. The Balaban J connectivity index is 1.94. The molecule has 0 bridgehead atoms. The quantitative estimate of drug-likeness (QED) is 0.855. The van der Waals surface area contributed by atoms with Crippen molar-refractivity contribution in [3.63, 3.8) is 0 Å². The summed E-state index contributed by atoms with van der Waals surface area (Å²) in [7, 11) is 0. The molecule has 0 spiro atoms. The number of nitrogens with one attached hydrogen (secondary N) is 1. The molecule has 5 heteroatoms. The highest BCUT2D eigenvalue weighted by atomic mass is 16.4. The number of nitrogens with zero attached hydrogens (tertiary/aromatic N) is 1. The normalized spacial score (nSPS) is 12.7. The zero-order chi connectivity index (χ0) is 16.1. The summed E-state index contributed by atoms with van der Waals surface area (Å²) in [5.41, 5.74) is 1.15. The van der Waals surface area contributed by atoms with E-state index in [1.807, 2.05) is 13.0 Å². The van der Waals surface area contributed by atoms with Crippen LogP contribution >= 0.6 is 0 Å². The molecule has 5 nitrogen and oxygen atoms in total. The van der Waals surface area contributed by atoms with E-state index in [4.69, 9.17) is 4.42 Å². The van der Waals surface area contributed by atoms with Gasteiger partial charge in [0.1, 0.15) is 6.54 Å². The molecular weight excluding hydrogens is 280 g/mol. The van der Waals surface area contributed by atoms with E-state index in [1.54, 1.807) is 18.2 Å². The van der Waals surface area contributed by atoms with E-state index in [9.17, 15) is 9.59 Å². The number of para-hydroxylation sites is 2. The van der Waals surface area contributed by atoms with Crippen molar-refractivity contribution < 1.29 is 9.21 Å². The molecule has 1 aromatic carbocycles. The number of benzene rings is 1.